The Morgan fingerprint density at radius 2 is 2.08 bits per heavy atom. The van der Waals surface area contributed by atoms with Crippen molar-refractivity contribution in [3.8, 4) is 0 Å². The quantitative estimate of drug-likeness (QED) is 0.631. The van der Waals surface area contributed by atoms with E-state index in [0.29, 0.717) is 13.1 Å². The van der Waals surface area contributed by atoms with Crippen molar-refractivity contribution in [2.45, 2.75) is 32.4 Å². The molecule has 1 aliphatic heterocycles. The smallest absolute Gasteiger partial charge is 0.410 e. The molecule has 0 aromatic heterocycles. The molecule has 1 aliphatic rings. The Morgan fingerprint density at radius 1 is 1.54 bits per heavy atom. The van der Waals surface area contributed by atoms with Gasteiger partial charge in [0.15, 0.2) is 0 Å². The fourth-order valence-corrected chi connectivity index (χ4v) is 1.01. The molecule has 0 spiro atoms. The lowest BCUT2D eigenvalue weighted by Crippen LogP contribution is -2.53. The fourth-order valence-electron chi connectivity index (χ4n) is 1.01. The number of amides is 1. The molecule has 0 aliphatic carbocycles. The number of nitrogens with one attached hydrogen (secondary N) is 1. The Balaban J connectivity index is 2.31. The van der Waals surface area contributed by atoms with Gasteiger partial charge in [0.25, 0.3) is 0 Å². The highest BCUT2D eigenvalue weighted by Gasteiger charge is 2.33. The number of likely N-dealkylation sites (tertiary alicyclic amines) is 1. The lowest BCUT2D eigenvalue weighted by Gasteiger charge is -2.36. The second-order valence-corrected chi connectivity index (χ2v) is 4.17. The summed E-state index contributed by atoms with van der Waals surface area (Å²) in [5.74, 6) is 0. The third kappa shape index (κ3) is 2.68. The molecular formula is C8H15N3O2. The van der Waals surface area contributed by atoms with Crippen molar-refractivity contribution < 1.29 is 9.53 Å². The normalized spacial score (nSPS) is 17.9. The van der Waals surface area contributed by atoms with Crippen LogP contribution in [0.5, 0.6) is 0 Å². The summed E-state index contributed by atoms with van der Waals surface area (Å²) in [4.78, 5) is 12.9. The van der Waals surface area contributed by atoms with Gasteiger partial charge in [-0.25, -0.2) is 10.3 Å². The summed E-state index contributed by atoms with van der Waals surface area (Å²) in [6.07, 6.45) is -0.313. The van der Waals surface area contributed by atoms with Crippen LogP contribution < -0.4 is 0 Å². The van der Waals surface area contributed by atoms with Crippen LogP contribution in [-0.4, -0.2) is 35.7 Å². The lowest BCUT2D eigenvalue weighted by atomic mass is 10.1. The number of nitrogens with zero attached hydrogens (tertiary/aromatic N) is 2. The molecule has 1 fully saturated rings. The number of rotatable bonds is 1. The molecule has 1 heterocycles. The van der Waals surface area contributed by atoms with Crippen LogP contribution in [-0.2, 0) is 4.74 Å². The van der Waals surface area contributed by atoms with Crippen molar-refractivity contribution >= 4 is 6.09 Å². The second kappa shape index (κ2) is 3.32. The van der Waals surface area contributed by atoms with Gasteiger partial charge < -0.3 is 9.64 Å². The molecule has 5 heteroatoms. The molecule has 0 unspecified atom stereocenters. The van der Waals surface area contributed by atoms with Crippen molar-refractivity contribution in [1.82, 2.24) is 4.90 Å². The number of hydrogen-bond donors (Lipinski definition) is 1. The van der Waals surface area contributed by atoms with Gasteiger partial charge in [0, 0.05) is 13.1 Å². The van der Waals surface area contributed by atoms with Crippen LogP contribution in [0.3, 0.4) is 0 Å². The van der Waals surface area contributed by atoms with Crippen molar-refractivity contribution in [1.29, 1.82) is 5.53 Å². The molecule has 0 aromatic carbocycles. The third-order valence-corrected chi connectivity index (χ3v) is 1.70. The van der Waals surface area contributed by atoms with E-state index in [9.17, 15) is 4.79 Å². The molecule has 5 nitrogen and oxygen atoms in total. The summed E-state index contributed by atoms with van der Waals surface area (Å²) in [6, 6.07) is -0.0208. The number of carbonyl (C=O) groups is 1. The third-order valence-electron chi connectivity index (χ3n) is 1.70. The molecule has 1 saturated heterocycles. The molecule has 13 heavy (non-hydrogen) atoms. The van der Waals surface area contributed by atoms with Gasteiger partial charge in [-0.15, -0.1) is 0 Å². The van der Waals surface area contributed by atoms with Crippen molar-refractivity contribution in [3.63, 3.8) is 0 Å². The number of ether oxygens (including phenoxy) is 1. The van der Waals surface area contributed by atoms with E-state index in [1.807, 2.05) is 20.8 Å². The van der Waals surface area contributed by atoms with Gasteiger partial charge >= 0.3 is 6.09 Å². The lowest BCUT2D eigenvalue weighted by molar-refractivity contribution is 0.00831. The Kier molecular flexibility index (Phi) is 2.54. The molecule has 0 bridgehead atoms. The summed E-state index contributed by atoms with van der Waals surface area (Å²) >= 11 is 0. The summed E-state index contributed by atoms with van der Waals surface area (Å²) in [5.41, 5.74) is 6.27. The van der Waals surface area contributed by atoms with Crippen molar-refractivity contribution in [3.05, 3.63) is 0 Å². The van der Waals surface area contributed by atoms with E-state index < -0.39 is 5.60 Å². The zero-order valence-electron chi connectivity index (χ0n) is 8.20. The zero-order chi connectivity index (χ0) is 10.1. The highest BCUT2D eigenvalue weighted by molar-refractivity contribution is 5.69. The molecule has 1 amide bonds. The fraction of sp³-hybridized carbons (Fsp3) is 0.875. The van der Waals surface area contributed by atoms with E-state index >= 15 is 0 Å². The van der Waals surface area contributed by atoms with Gasteiger partial charge in [-0.1, -0.05) is 0 Å². The van der Waals surface area contributed by atoms with E-state index in [1.165, 1.54) is 0 Å². The molecule has 1 N–H and O–H groups in total. The van der Waals surface area contributed by atoms with E-state index in [1.54, 1.807) is 4.90 Å². The van der Waals surface area contributed by atoms with Gasteiger partial charge in [-0.3, -0.25) is 0 Å². The first-order chi connectivity index (χ1) is 5.92. The van der Waals surface area contributed by atoms with E-state index in [4.69, 9.17) is 10.3 Å². The van der Waals surface area contributed by atoms with Crippen LogP contribution in [0.4, 0.5) is 4.79 Å². The topological polar surface area (TPSA) is 65.8 Å². The minimum atomic E-state index is -0.444. The summed E-state index contributed by atoms with van der Waals surface area (Å²) in [5, 5.41) is 3.32. The second-order valence-electron chi connectivity index (χ2n) is 4.17. The van der Waals surface area contributed by atoms with Gasteiger partial charge in [-0.2, -0.15) is 5.11 Å². The summed E-state index contributed by atoms with van der Waals surface area (Å²) in [7, 11) is 0. The largest absolute Gasteiger partial charge is 0.444 e. The Bertz CT molecular complexity index is 216. The Hall–Kier alpha value is -1.13. The highest BCUT2D eigenvalue weighted by atomic mass is 16.6. The minimum absolute atomic E-state index is 0.0208. The molecule has 0 atom stereocenters. The molecule has 0 saturated carbocycles. The van der Waals surface area contributed by atoms with Gasteiger partial charge in [0.05, 0.1) is 0 Å². The number of hydrogen-bond acceptors (Lipinski definition) is 4. The molecule has 74 valence electrons. The van der Waals surface area contributed by atoms with Crippen LogP contribution in [0.25, 0.3) is 0 Å². The SMILES string of the molecule is CC(C)(C)OC(=O)N1CC(N=N)C1. The summed E-state index contributed by atoms with van der Waals surface area (Å²) in [6.45, 7) is 6.52. The maximum atomic E-state index is 11.3. The van der Waals surface area contributed by atoms with Gasteiger partial charge in [0.1, 0.15) is 11.6 Å². The van der Waals surface area contributed by atoms with Crippen LogP contribution in [0.2, 0.25) is 0 Å². The number of carbonyl (C=O) groups excluding carboxylic acids is 1. The van der Waals surface area contributed by atoms with Crippen LogP contribution >= 0.6 is 0 Å². The maximum absolute atomic E-state index is 11.3. The first-order valence-corrected chi connectivity index (χ1v) is 4.27. The van der Waals surface area contributed by atoms with Crippen LogP contribution in [0, 0.1) is 5.53 Å². The molecule has 0 radical (unpaired) electrons. The monoisotopic (exact) mass is 185 g/mol. The predicted molar refractivity (Wildman–Crippen MR) is 46.7 cm³/mol. The molecule has 0 aromatic rings. The molecule has 1 rings (SSSR count). The Labute approximate surface area is 77.6 Å². The Morgan fingerprint density at radius 3 is 2.46 bits per heavy atom. The van der Waals surface area contributed by atoms with Crippen molar-refractivity contribution in [2.75, 3.05) is 13.1 Å². The standard InChI is InChI=1S/C8H15N3O2/c1-8(2,3)13-7(12)11-4-6(5-11)10-9/h6,9H,4-5H2,1-3H3. The summed E-state index contributed by atoms with van der Waals surface area (Å²) < 4.78 is 5.12. The van der Waals surface area contributed by atoms with Gasteiger partial charge in [0.2, 0.25) is 0 Å². The maximum Gasteiger partial charge on any atom is 0.410 e. The predicted octanol–water partition coefficient (Wildman–Crippen LogP) is 1.64. The van der Waals surface area contributed by atoms with Gasteiger partial charge in [-0.05, 0) is 20.8 Å². The first kappa shape index (κ1) is 9.95. The average molecular weight is 185 g/mol. The molecular weight excluding hydrogens is 170 g/mol. The van der Waals surface area contributed by atoms with E-state index in [2.05, 4.69) is 5.11 Å². The van der Waals surface area contributed by atoms with E-state index in [-0.39, 0.29) is 12.1 Å². The highest BCUT2D eigenvalue weighted by Crippen LogP contribution is 2.16. The zero-order valence-corrected chi connectivity index (χ0v) is 8.20. The van der Waals surface area contributed by atoms with Crippen LogP contribution in [0.1, 0.15) is 20.8 Å². The first-order valence-electron chi connectivity index (χ1n) is 4.27. The van der Waals surface area contributed by atoms with Crippen molar-refractivity contribution in [2.24, 2.45) is 5.11 Å². The van der Waals surface area contributed by atoms with Crippen LogP contribution in [0.15, 0.2) is 5.11 Å². The minimum Gasteiger partial charge on any atom is -0.444 e. The van der Waals surface area contributed by atoms with E-state index in [0.717, 1.165) is 0 Å². The average Bonchev–Trinajstić information content (AvgIpc) is 1.79.